The summed E-state index contributed by atoms with van der Waals surface area (Å²) < 4.78 is 37.9. The predicted molar refractivity (Wildman–Crippen MR) is 101 cm³/mol. The van der Waals surface area contributed by atoms with E-state index in [0.29, 0.717) is 29.4 Å². The Morgan fingerprint density at radius 3 is 2.59 bits per heavy atom. The topological polar surface area (TPSA) is 94.3 Å². The van der Waals surface area contributed by atoms with Gasteiger partial charge in [-0.25, -0.2) is 13.1 Å². The van der Waals surface area contributed by atoms with Gasteiger partial charge in [-0.3, -0.25) is 0 Å². The normalized spacial score (nSPS) is 11.5. The Morgan fingerprint density at radius 2 is 1.89 bits per heavy atom. The highest BCUT2D eigenvalue weighted by atomic mass is 32.2. The van der Waals surface area contributed by atoms with E-state index in [-0.39, 0.29) is 11.4 Å². The number of benzene rings is 2. The number of nitrogens with zero attached hydrogens (tertiary/aromatic N) is 2. The molecule has 0 unspecified atom stereocenters. The third-order valence-corrected chi connectivity index (χ3v) is 5.78. The van der Waals surface area contributed by atoms with Crippen LogP contribution in [0.4, 0.5) is 0 Å². The molecule has 0 amide bonds. The van der Waals surface area contributed by atoms with Gasteiger partial charge in [-0.15, -0.1) is 0 Å². The number of hydrogen-bond donors (Lipinski definition) is 1. The van der Waals surface area contributed by atoms with Crippen molar-refractivity contribution in [1.82, 2.24) is 14.9 Å². The SMILES string of the molecule is COc1ccc(S(=O)(=O)NCCc2nc(-c3ccccc3C)no2)c(C)c1. The minimum absolute atomic E-state index is 0.156. The maximum Gasteiger partial charge on any atom is 0.240 e. The summed E-state index contributed by atoms with van der Waals surface area (Å²) in [5.41, 5.74) is 2.55. The Bertz CT molecular complexity index is 1040. The van der Waals surface area contributed by atoms with Crippen LogP contribution in [-0.4, -0.2) is 32.2 Å². The molecule has 0 saturated heterocycles. The van der Waals surface area contributed by atoms with Gasteiger partial charge in [0.05, 0.1) is 12.0 Å². The van der Waals surface area contributed by atoms with Crippen molar-refractivity contribution in [3.8, 4) is 17.1 Å². The minimum Gasteiger partial charge on any atom is -0.497 e. The van der Waals surface area contributed by atoms with Crippen molar-refractivity contribution in [2.24, 2.45) is 0 Å². The average molecular weight is 387 g/mol. The van der Waals surface area contributed by atoms with E-state index in [1.54, 1.807) is 19.1 Å². The van der Waals surface area contributed by atoms with Crippen LogP contribution in [0.15, 0.2) is 51.9 Å². The van der Waals surface area contributed by atoms with E-state index < -0.39 is 10.0 Å². The number of sulfonamides is 1. The second kappa shape index (κ2) is 7.89. The lowest BCUT2D eigenvalue weighted by atomic mass is 10.1. The molecule has 0 aliphatic heterocycles. The summed E-state index contributed by atoms with van der Waals surface area (Å²) in [6.45, 7) is 3.85. The Balaban J connectivity index is 1.65. The summed E-state index contributed by atoms with van der Waals surface area (Å²) >= 11 is 0. The van der Waals surface area contributed by atoms with Gasteiger partial charge in [0.2, 0.25) is 21.7 Å². The van der Waals surface area contributed by atoms with Crippen molar-refractivity contribution in [3.63, 3.8) is 0 Å². The highest BCUT2D eigenvalue weighted by Crippen LogP contribution is 2.21. The van der Waals surface area contributed by atoms with Crippen molar-refractivity contribution in [3.05, 3.63) is 59.5 Å². The van der Waals surface area contributed by atoms with Crippen molar-refractivity contribution in [2.45, 2.75) is 25.2 Å². The number of nitrogens with one attached hydrogen (secondary N) is 1. The third kappa shape index (κ3) is 4.35. The van der Waals surface area contributed by atoms with Gasteiger partial charge in [-0.2, -0.15) is 4.98 Å². The Labute approximate surface area is 158 Å². The summed E-state index contributed by atoms with van der Waals surface area (Å²) in [6.07, 6.45) is 0.299. The maximum atomic E-state index is 12.5. The molecule has 0 aliphatic carbocycles. The zero-order chi connectivity index (χ0) is 19.4. The molecule has 7 nitrogen and oxygen atoms in total. The average Bonchev–Trinajstić information content (AvgIpc) is 3.10. The summed E-state index contributed by atoms with van der Waals surface area (Å²) in [5, 5.41) is 3.98. The lowest BCUT2D eigenvalue weighted by Gasteiger charge is -2.09. The molecule has 1 heterocycles. The van der Waals surface area contributed by atoms with Gasteiger partial charge in [0.15, 0.2) is 0 Å². The summed E-state index contributed by atoms with van der Waals surface area (Å²) in [7, 11) is -2.10. The highest BCUT2D eigenvalue weighted by Gasteiger charge is 2.18. The van der Waals surface area contributed by atoms with Crippen molar-refractivity contribution in [1.29, 1.82) is 0 Å². The first-order valence-electron chi connectivity index (χ1n) is 8.43. The van der Waals surface area contributed by atoms with E-state index in [1.165, 1.54) is 13.2 Å². The van der Waals surface area contributed by atoms with Crippen molar-refractivity contribution >= 4 is 10.0 Å². The fourth-order valence-corrected chi connectivity index (χ4v) is 3.97. The monoisotopic (exact) mass is 387 g/mol. The van der Waals surface area contributed by atoms with Crippen LogP contribution in [0.5, 0.6) is 5.75 Å². The molecule has 3 rings (SSSR count). The van der Waals surface area contributed by atoms with E-state index in [0.717, 1.165) is 11.1 Å². The van der Waals surface area contributed by atoms with Crippen LogP contribution in [0.25, 0.3) is 11.4 Å². The largest absolute Gasteiger partial charge is 0.497 e. The van der Waals surface area contributed by atoms with Crippen LogP contribution in [-0.2, 0) is 16.4 Å². The quantitative estimate of drug-likeness (QED) is 0.670. The molecule has 27 heavy (non-hydrogen) atoms. The molecule has 0 spiro atoms. The number of hydrogen-bond acceptors (Lipinski definition) is 6. The Hall–Kier alpha value is -2.71. The molecule has 0 radical (unpaired) electrons. The van der Waals surface area contributed by atoms with Crippen LogP contribution < -0.4 is 9.46 Å². The number of aromatic nitrogens is 2. The first-order valence-corrected chi connectivity index (χ1v) is 9.92. The molecule has 142 valence electrons. The number of ether oxygens (including phenoxy) is 1. The van der Waals surface area contributed by atoms with Gasteiger partial charge >= 0.3 is 0 Å². The first kappa shape index (κ1) is 19.1. The fourth-order valence-electron chi connectivity index (χ4n) is 2.71. The summed E-state index contributed by atoms with van der Waals surface area (Å²) in [6, 6.07) is 12.6. The molecular weight excluding hydrogens is 366 g/mol. The van der Waals surface area contributed by atoms with Crippen LogP contribution in [0.3, 0.4) is 0 Å². The second-order valence-corrected chi connectivity index (χ2v) is 7.84. The minimum atomic E-state index is -3.63. The van der Waals surface area contributed by atoms with E-state index in [1.807, 2.05) is 31.2 Å². The van der Waals surface area contributed by atoms with Crippen LogP contribution in [0.2, 0.25) is 0 Å². The van der Waals surface area contributed by atoms with Crippen molar-refractivity contribution < 1.29 is 17.7 Å². The summed E-state index contributed by atoms with van der Waals surface area (Å²) in [5.74, 6) is 1.49. The van der Waals surface area contributed by atoms with Gasteiger partial charge < -0.3 is 9.26 Å². The smallest absolute Gasteiger partial charge is 0.240 e. The Kier molecular flexibility index (Phi) is 5.57. The molecule has 3 aromatic rings. The zero-order valence-corrected chi connectivity index (χ0v) is 16.2. The zero-order valence-electron chi connectivity index (χ0n) is 15.4. The van der Waals surface area contributed by atoms with Gasteiger partial charge in [0.25, 0.3) is 0 Å². The lowest BCUT2D eigenvalue weighted by Crippen LogP contribution is -2.26. The van der Waals surface area contributed by atoms with Gasteiger partial charge in [-0.1, -0.05) is 29.4 Å². The Morgan fingerprint density at radius 1 is 1.11 bits per heavy atom. The van der Waals surface area contributed by atoms with E-state index in [4.69, 9.17) is 9.26 Å². The molecule has 0 atom stereocenters. The van der Waals surface area contributed by atoms with E-state index in [9.17, 15) is 8.42 Å². The molecule has 1 aromatic heterocycles. The molecule has 1 N–H and O–H groups in total. The van der Waals surface area contributed by atoms with Crippen LogP contribution in [0, 0.1) is 13.8 Å². The van der Waals surface area contributed by atoms with E-state index >= 15 is 0 Å². The lowest BCUT2D eigenvalue weighted by molar-refractivity contribution is 0.379. The molecular formula is C19H21N3O4S. The van der Waals surface area contributed by atoms with Gasteiger partial charge in [0, 0.05) is 18.5 Å². The molecule has 8 heteroatoms. The molecule has 0 fully saturated rings. The predicted octanol–water partition coefficient (Wildman–Crippen LogP) is 2.88. The number of methoxy groups -OCH3 is 1. The number of aryl methyl sites for hydroxylation is 2. The van der Waals surface area contributed by atoms with Crippen LogP contribution >= 0.6 is 0 Å². The molecule has 2 aromatic carbocycles. The van der Waals surface area contributed by atoms with E-state index in [2.05, 4.69) is 14.9 Å². The van der Waals surface area contributed by atoms with Gasteiger partial charge in [0.1, 0.15) is 5.75 Å². The second-order valence-electron chi connectivity index (χ2n) is 6.11. The standard InChI is InChI=1S/C19H21N3O4S/c1-13-6-4-5-7-16(13)19-21-18(26-22-19)10-11-20-27(23,24)17-9-8-15(25-3)12-14(17)2/h4-9,12,20H,10-11H2,1-3H3. The maximum absolute atomic E-state index is 12.5. The molecule has 0 bridgehead atoms. The summed E-state index contributed by atoms with van der Waals surface area (Å²) in [4.78, 5) is 4.56. The number of rotatable bonds is 7. The fraction of sp³-hybridized carbons (Fsp3) is 0.263. The third-order valence-electron chi connectivity index (χ3n) is 4.16. The van der Waals surface area contributed by atoms with Gasteiger partial charge in [-0.05, 0) is 43.2 Å². The molecule has 0 saturated carbocycles. The van der Waals surface area contributed by atoms with Crippen LogP contribution in [0.1, 0.15) is 17.0 Å². The first-order chi connectivity index (χ1) is 12.9. The highest BCUT2D eigenvalue weighted by molar-refractivity contribution is 7.89. The molecule has 0 aliphatic rings. The van der Waals surface area contributed by atoms with Crippen molar-refractivity contribution in [2.75, 3.05) is 13.7 Å².